The van der Waals surface area contributed by atoms with Crippen molar-refractivity contribution in [2.75, 3.05) is 52.4 Å². The molecule has 2 saturated heterocycles. The van der Waals surface area contributed by atoms with Gasteiger partial charge in [0, 0.05) is 94.1 Å². The summed E-state index contributed by atoms with van der Waals surface area (Å²) in [4.78, 5) is 31.9. The second-order valence-electron chi connectivity index (χ2n) is 16.9. The highest BCUT2D eigenvalue weighted by Gasteiger charge is 2.45. The number of carbonyl (C=O) groups is 2. The number of aliphatic hydroxyl groups is 1. The van der Waals surface area contributed by atoms with Crippen molar-refractivity contribution in [3.63, 3.8) is 0 Å². The third-order valence-corrected chi connectivity index (χ3v) is 12.1. The van der Waals surface area contributed by atoms with Gasteiger partial charge < -0.3 is 48.1 Å². The van der Waals surface area contributed by atoms with Gasteiger partial charge in [0.25, 0.3) is 11.8 Å². The minimum Gasteiger partial charge on any atom is -0.493 e. The van der Waals surface area contributed by atoms with Gasteiger partial charge in [0.05, 0.1) is 38.6 Å². The fraction of sp³-hybridized carbons (Fsp3) is 0.480. The van der Waals surface area contributed by atoms with E-state index in [2.05, 4.69) is 28.7 Å². The lowest BCUT2D eigenvalue weighted by Crippen LogP contribution is -2.52. The molecule has 0 aromatic heterocycles. The average Bonchev–Trinajstić information content (AvgIpc) is 3.29. The highest BCUT2D eigenvalue weighted by atomic mass is 127. The average molecular weight is 979 g/mol. The Bertz CT molecular complexity index is 2160. The second-order valence-corrected chi connectivity index (χ2v) is 16.9. The number of para-hydroxylation sites is 2. The highest BCUT2D eigenvalue weighted by Crippen LogP contribution is 2.46. The Morgan fingerprint density at radius 1 is 0.619 bits per heavy atom. The Morgan fingerprint density at radius 3 is 1.46 bits per heavy atom. The van der Waals surface area contributed by atoms with Crippen molar-refractivity contribution >= 4 is 34.4 Å². The first-order chi connectivity index (χ1) is 30.3. The summed E-state index contributed by atoms with van der Waals surface area (Å²) in [6.07, 6.45) is 3.83. The molecule has 340 valence electrons. The Kier molecular flexibility index (Phi) is 16.1. The Balaban J connectivity index is 0.000000202. The maximum Gasteiger partial charge on any atom is 0.253 e. The molecule has 0 bridgehead atoms. The molecule has 2 fully saturated rings. The second kappa shape index (κ2) is 21.3. The summed E-state index contributed by atoms with van der Waals surface area (Å²) >= 11 is 2.15. The molecule has 4 aliphatic rings. The van der Waals surface area contributed by atoms with E-state index >= 15 is 0 Å². The van der Waals surface area contributed by atoms with Gasteiger partial charge in [0.1, 0.15) is 22.7 Å². The molecule has 0 radical (unpaired) electrons. The van der Waals surface area contributed by atoms with Gasteiger partial charge in [0.15, 0.2) is 23.0 Å². The molecule has 4 aliphatic heterocycles. The Hall–Kier alpha value is -4.73. The van der Waals surface area contributed by atoms with Crippen LogP contribution in [0.1, 0.15) is 110 Å². The van der Waals surface area contributed by atoms with E-state index in [1.54, 1.807) is 51.7 Å². The van der Waals surface area contributed by atoms with Gasteiger partial charge in [-0.2, -0.15) is 0 Å². The van der Waals surface area contributed by atoms with Crippen LogP contribution in [0.4, 0.5) is 0 Å². The van der Waals surface area contributed by atoms with Crippen LogP contribution in [0.5, 0.6) is 34.5 Å². The molecule has 0 saturated carbocycles. The van der Waals surface area contributed by atoms with E-state index in [0.717, 1.165) is 41.9 Å². The number of halogens is 1. The molecule has 4 heterocycles. The number of ether oxygens (including phenoxy) is 7. The first kappa shape index (κ1) is 47.7. The third-order valence-electron chi connectivity index (χ3n) is 12.1. The number of benzene rings is 4. The summed E-state index contributed by atoms with van der Waals surface area (Å²) in [7, 11) is 4.91. The number of amides is 2. The first-order valence-corrected chi connectivity index (χ1v) is 23.9. The number of nitrogens with zero attached hydrogens (tertiary/aromatic N) is 2. The van der Waals surface area contributed by atoms with Crippen molar-refractivity contribution in [2.24, 2.45) is 0 Å². The molecule has 1 N–H and O–H groups in total. The number of likely N-dealkylation sites (tertiary alicyclic amines) is 2. The number of alkyl halides is 1. The molecule has 0 aliphatic carbocycles. The van der Waals surface area contributed by atoms with Crippen LogP contribution in [0.2, 0.25) is 0 Å². The molecule has 2 unspecified atom stereocenters. The zero-order valence-electron chi connectivity index (χ0n) is 37.9. The van der Waals surface area contributed by atoms with Crippen molar-refractivity contribution in [1.82, 2.24) is 9.80 Å². The lowest BCUT2D eigenvalue weighted by Gasteiger charge is -2.46. The van der Waals surface area contributed by atoms with Crippen LogP contribution >= 0.6 is 22.6 Å². The fourth-order valence-corrected chi connectivity index (χ4v) is 8.87. The van der Waals surface area contributed by atoms with E-state index in [9.17, 15) is 14.7 Å². The van der Waals surface area contributed by atoms with Crippen LogP contribution in [-0.2, 0) is 4.74 Å². The molecular formula is C50H63IN2O10. The summed E-state index contributed by atoms with van der Waals surface area (Å²) in [5.41, 5.74) is 2.42. The van der Waals surface area contributed by atoms with E-state index in [4.69, 9.17) is 33.2 Å². The summed E-state index contributed by atoms with van der Waals surface area (Å²) in [6, 6.07) is 26.4. The van der Waals surface area contributed by atoms with E-state index in [1.165, 1.54) is 0 Å². The van der Waals surface area contributed by atoms with Crippen molar-refractivity contribution < 1.29 is 47.9 Å². The van der Waals surface area contributed by atoms with E-state index < -0.39 is 11.7 Å². The Morgan fingerprint density at radius 2 is 1.03 bits per heavy atom. The number of hydrogen-bond donors (Lipinski definition) is 1. The van der Waals surface area contributed by atoms with Gasteiger partial charge in [0.2, 0.25) is 0 Å². The van der Waals surface area contributed by atoms with Crippen molar-refractivity contribution in [3.05, 3.63) is 107 Å². The normalized spacial score (nSPS) is 19.2. The quantitative estimate of drug-likeness (QED) is 0.128. The minimum atomic E-state index is -0.532. The van der Waals surface area contributed by atoms with Crippen LogP contribution in [-0.4, -0.2) is 103 Å². The molecule has 63 heavy (non-hydrogen) atoms. The maximum atomic E-state index is 13.2. The number of rotatable bonds is 9. The Labute approximate surface area is 386 Å². The van der Waals surface area contributed by atoms with Crippen LogP contribution in [0.25, 0.3) is 0 Å². The van der Waals surface area contributed by atoms with Crippen LogP contribution in [0, 0.1) is 0 Å². The fourth-order valence-electron chi connectivity index (χ4n) is 8.87. The van der Waals surface area contributed by atoms with E-state index in [1.807, 2.05) is 91.0 Å². The monoisotopic (exact) mass is 978 g/mol. The number of methoxy groups -OCH3 is 3. The molecule has 4 aromatic rings. The largest absolute Gasteiger partial charge is 0.493 e. The van der Waals surface area contributed by atoms with Crippen molar-refractivity contribution in [2.45, 2.75) is 102 Å². The van der Waals surface area contributed by atoms with Crippen molar-refractivity contribution in [3.8, 4) is 34.5 Å². The smallest absolute Gasteiger partial charge is 0.253 e. The van der Waals surface area contributed by atoms with Crippen molar-refractivity contribution in [1.29, 1.82) is 0 Å². The van der Waals surface area contributed by atoms with Gasteiger partial charge >= 0.3 is 0 Å². The molecule has 4 aromatic carbocycles. The number of piperidine rings is 2. The predicted molar refractivity (Wildman–Crippen MR) is 251 cm³/mol. The van der Waals surface area contributed by atoms with Gasteiger partial charge in [-0.1, -0.05) is 59.0 Å². The maximum absolute atomic E-state index is 13.2. The number of hydrogen-bond acceptors (Lipinski definition) is 10. The van der Waals surface area contributed by atoms with Gasteiger partial charge in [-0.3, -0.25) is 9.59 Å². The number of carbonyl (C=O) groups excluding carboxylic acids is 2. The van der Waals surface area contributed by atoms with Gasteiger partial charge in [-0.25, -0.2) is 0 Å². The molecule has 13 heteroatoms. The first-order valence-electron chi connectivity index (χ1n) is 21.8. The summed E-state index contributed by atoms with van der Waals surface area (Å²) in [6.45, 7) is 10.3. The van der Waals surface area contributed by atoms with Gasteiger partial charge in [-0.15, -0.1) is 0 Å². The summed E-state index contributed by atoms with van der Waals surface area (Å²) in [5, 5.41) is 10.6. The van der Waals surface area contributed by atoms with Gasteiger partial charge in [-0.05, 0) is 81.2 Å². The van der Waals surface area contributed by atoms with Crippen LogP contribution in [0.15, 0.2) is 84.9 Å². The zero-order chi connectivity index (χ0) is 45.3. The SMILES string of the molecule is CI.COc1cc(C(=O)N2CCC3(CC2)CC(O)c2ccccc2O3)ccc1OC(C)C.COc1cc(C(=O)N2CCC3(CC2)CC(OC)c2ccccc2O3)ccc1OC(C)C. The molecule has 8 rings (SSSR count). The lowest BCUT2D eigenvalue weighted by molar-refractivity contribution is -0.0609. The zero-order valence-corrected chi connectivity index (χ0v) is 40.0. The molecule has 2 spiro atoms. The predicted octanol–water partition coefficient (Wildman–Crippen LogP) is 9.65. The molecular weight excluding hydrogens is 915 g/mol. The highest BCUT2D eigenvalue weighted by molar-refractivity contribution is 14.1. The topological polar surface area (TPSA) is 125 Å². The minimum absolute atomic E-state index is 0.00347. The van der Waals surface area contributed by atoms with Crippen LogP contribution in [0.3, 0.4) is 0 Å². The summed E-state index contributed by atoms with van der Waals surface area (Å²) < 4.78 is 40.9. The van der Waals surface area contributed by atoms with E-state index in [0.29, 0.717) is 79.6 Å². The lowest BCUT2D eigenvalue weighted by atomic mass is 9.81. The van der Waals surface area contributed by atoms with E-state index in [-0.39, 0.29) is 35.7 Å². The molecule has 2 amide bonds. The summed E-state index contributed by atoms with van der Waals surface area (Å²) in [5.74, 6) is 4.02. The molecule has 2 atom stereocenters. The van der Waals surface area contributed by atoms with Crippen LogP contribution < -0.4 is 28.4 Å². The molecule has 12 nitrogen and oxygen atoms in total. The third kappa shape index (κ3) is 11.1. The number of fused-ring (bicyclic) bond motifs is 2. The number of aliphatic hydroxyl groups excluding tert-OH is 1. The standard InChI is InChI=1S/C25H31NO5.C24H29NO5.CH3I/c1-17(2)30-21-10-9-18(15-22(21)28-3)24(27)26-13-11-25(12-14-26)16-23(29-4)19-7-5-6-8-20(19)31-25;1-16(2)29-21-9-8-17(14-22(21)28-3)23(27)25-12-10-24(11-13-25)15-19(26)18-6-4-5-7-20(18)30-24;1-2/h5-10,15,17,23H,11-14,16H2,1-4H3;4-9,14,16,19,26H,10-13,15H2,1-3H3;1H3.